The Labute approximate surface area is 107 Å². The van der Waals surface area contributed by atoms with E-state index in [2.05, 4.69) is 31.0 Å². The Bertz CT molecular complexity index is 325. The summed E-state index contributed by atoms with van der Waals surface area (Å²) in [6.07, 6.45) is 0. The summed E-state index contributed by atoms with van der Waals surface area (Å²) in [5.41, 5.74) is 0. The standard InChI is InChI=1S/C6H3S4.3CH3.Sn/c1-2-8-5(7-1)6-9-3-4-10-6;;;;/h1-3H;3*1H3;. The Morgan fingerprint density at radius 1 is 0.929 bits per heavy atom. The van der Waals surface area contributed by atoms with Crippen LogP contribution in [0.1, 0.15) is 0 Å². The second-order valence-corrected chi connectivity index (χ2v) is 23.7. The minimum absolute atomic E-state index is 1.47. The van der Waals surface area contributed by atoms with Crippen molar-refractivity contribution >= 4 is 65.4 Å². The predicted octanol–water partition coefficient (Wildman–Crippen LogP) is 5.26. The minimum atomic E-state index is -1.79. The quantitative estimate of drug-likeness (QED) is 0.580. The third-order valence-electron chi connectivity index (χ3n) is 1.79. The molecule has 0 aliphatic carbocycles. The molecule has 0 fully saturated rings. The molecule has 0 spiro atoms. The molecule has 76 valence electrons. The van der Waals surface area contributed by atoms with Gasteiger partial charge in [-0.25, -0.2) is 0 Å². The van der Waals surface area contributed by atoms with E-state index in [0.717, 1.165) is 0 Å². The zero-order valence-corrected chi connectivity index (χ0v) is 14.5. The van der Waals surface area contributed by atoms with Crippen LogP contribution in [-0.4, -0.2) is 18.4 Å². The maximum absolute atomic E-state index is 2.48. The van der Waals surface area contributed by atoms with Crippen molar-refractivity contribution in [1.82, 2.24) is 0 Å². The maximum atomic E-state index is 2.48. The summed E-state index contributed by atoms with van der Waals surface area (Å²) in [5, 5.41) is 6.74. The summed E-state index contributed by atoms with van der Waals surface area (Å²) in [7, 11) is 0. The molecule has 0 aromatic carbocycles. The van der Waals surface area contributed by atoms with E-state index in [1.807, 2.05) is 47.0 Å². The molecular formula is C9H12S4Sn. The van der Waals surface area contributed by atoms with Gasteiger partial charge in [-0.05, 0) is 0 Å². The van der Waals surface area contributed by atoms with Gasteiger partial charge >= 0.3 is 108 Å². The Balaban J connectivity index is 2.09. The molecule has 2 heterocycles. The van der Waals surface area contributed by atoms with E-state index in [9.17, 15) is 0 Å². The molecule has 0 atom stereocenters. The van der Waals surface area contributed by atoms with E-state index >= 15 is 0 Å². The van der Waals surface area contributed by atoms with Crippen LogP contribution >= 0.6 is 47.0 Å². The van der Waals surface area contributed by atoms with Gasteiger partial charge < -0.3 is 0 Å². The first-order valence-electron chi connectivity index (χ1n) is 4.35. The molecule has 2 aliphatic heterocycles. The summed E-state index contributed by atoms with van der Waals surface area (Å²) >= 11 is 5.89. The number of thioether (sulfide) groups is 4. The summed E-state index contributed by atoms with van der Waals surface area (Å²) in [6.45, 7) is 0. The molecule has 0 saturated carbocycles. The van der Waals surface area contributed by atoms with Gasteiger partial charge in [-0.3, -0.25) is 0 Å². The molecule has 0 nitrogen and oxygen atoms in total. The van der Waals surface area contributed by atoms with Crippen LogP contribution < -0.4 is 0 Å². The van der Waals surface area contributed by atoms with E-state index in [1.54, 1.807) is 2.92 Å². The number of hydrogen-bond donors (Lipinski definition) is 0. The van der Waals surface area contributed by atoms with Crippen molar-refractivity contribution in [2.45, 2.75) is 14.8 Å². The van der Waals surface area contributed by atoms with Crippen molar-refractivity contribution in [2.24, 2.45) is 0 Å². The summed E-state index contributed by atoms with van der Waals surface area (Å²) in [4.78, 5) is 7.44. The third kappa shape index (κ3) is 2.75. The predicted molar refractivity (Wildman–Crippen MR) is 78.0 cm³/mol. The average molecular weight is 367 g/mol. The summed E-state index contributed by atoms with van der Waals surface area (Å²) in [6, 6.07) is 0. The third-order valence-corrected chi connectivity index (χ3v) is 16.8. The van der Waals surface area contributed by atoms with E-state index in [0.29, 0.717) is 0 Å². The molecule has 0 bridgehead atoms. The van der Waals surface area contributed by atoms with E-state index < -0.39 is 18.4 Å². The molecule has 5 heteroatoms. The van der Waals surface area contributed by atoms with Crippen LogP contribution in [-0.2, 0) is 0 Å². The summed E-state index contributed by atoms with van der Waals surface area (Å²) < 4.78 is 4.67. The molecular weight excluding hydrogens is 355 g/mol. The Kier molecular flexibility index (Phi) is 4.02. The van der Waals surface area contributed by atoms with Gasteiger partial charge in [-0.1, -0.05) is 0 Å². The number of rotatable bonds is 1. The Morgan fingerprint density at radius 2 is 1.57 bits per heavy atom. The summed E-state index contributed by atoms with van der Waals surface area (Å²) in [5.74, 6) is 0. The van der Waals surface area contributed by atoms with Crippen molar-refractivity contribution < 1.29 is 0 Å². The van der Waals surface area contributed by atoms with Crippen LogP contribution in [0, 0.1) is 0 Å². The first kappa shape index (κ1) is 11.9. The van der Waals surface area contributed by atoms with Gasteiger partial charge in [0.05, 0.1) is 0 Å². The second-order valence-electron chi connectivity index (χ2n) is 4.03. The van der Waals surface area contributed by atoms with Crippen LogP contribution in [0.2, 0.25) is 14.8 Å². The second kappa shape index (κ2) is 4.73. The molecule has 0 N–H and O–H groups in total. The van der Waals surface area contributed by atoms with Crippen LogP contribution in [0.25, 0.3) is 0 Å². The van der Waals surface area contributed by atoms with E-state index in [-0.39, 0.29) is 0 Å². The molecule has 2 aliphatic rings. The zero-order valence-electron chi connectivity index (χ0n) is 8.37. The van der Waals surface area contributed by atoms with E-state index in [1.165, 1.54) is 8.47 Å². The van der Waals surface area contributed by atoms with Gasteiger partial charge in [0.2, 0.25) is 0 Å². The molecule has 0 unspecified atom stereocenters. The zero-order chi connectivity index (χ0) is 10.2. The fourth-order valence-corrected chi connectivity index (χ4v) is 13.4. The van der Waals surface area contributed by atoms with Gasteiger partial charge in [-0.15, -0.1) is 0 Å². The van der Waals surface area contributed by atoms with Crippen LogP contribution in [0.3, 0.4) is 0 Å². The van der Waals surface area contributed by atoms with Gasteiger partial charge in [0.1, 0.15) is 0 Å². The molecule has 0 aromatic heterocycles. The molecule has 0 radical (unpaired) electrons. The molecule has 0 aromatic rings. The van der Waals surface area contributed by atoms with E-state index in [4.69, 9.17) is 0 Å². The fourth-order valence-electron chi connectivity index (χ4n) is 0.978. The Morgan fingerprint density at radius 3 is 2.07 bits per heavy atom. The van der Waals surface area contributed by atoms with Gasteiger partial charge in [0, 0.05) is 0 Å². The van der Waals surface area contributed by atoms with Gasteiger partial charge in [0.25, 0.3) is 0 Å². The monoisotopic (exact) mass is 368 g/mol. The molecule has 0 saturated heterocycles. The normalized spacial score (nSPS) is 22.1. The fraction of sp³-hybridized carbons (Fsp3) is 0.333. The van der Waals surface area contributed by atoms with Crippen molar-refractivity contribution in [2.75, 3.05) is 0 Å². The number of hydrogen-bond acceptors (Lipinski definition) is 4. The average Bonchev–Trinajstić information content (AvgIpc) is 2.73. The van der Waals surface area contributed by atoms with Crippen molar-refractivity contribution in [3.63, 3.8) is 0 Å². The first-order valence-corrected chi connectivity index (χ1v) is 17.8. The van der Waals surface area contributed by atoms with Crippen LogP contribution in [0.15, 0.2) is 27.6 Å². The van der Waals surface area contributed by atoms with Crippen LogP contribution in [0.4, 0.5) is 0 Å². The van der Waals surface area contributed by atoms with Gasteiger partial charge in [0.15, 0.2) is 0 Å². The van der Waals surface area contributed by atoms with Crippen molar-refractivity contribution in [3.05, 3.63) is 27.6 Å². The molecule has 0 amide bonds. The van der Waals surface area contributed by atoms with Gasteiger partial charge in [-0.2, -0.15) is 0 Å². The van der Waals surface area contributed by atoms with Crippen LogP contribution in [0.5, 0.6) is 0 Å². The molecule has 2 rings (SSSR count). The first-order chi connectivity index (χ1) is 6.57. The van der Waals surface area contributed by atoms with Crippen molar-refractivity contribution in [1.29, 1.82) is 0 Å². The van der Waals surface area contributed by atoms with Crippen molar-refractivity contribution in [3.8, 4) is 0 Å². The molecule has 14 heavy (non-hydrogen) atoms. The topological polar surface area (TPSA) is 0 Å². The SMILES string of the molecule is [CH3][Sn]([CH3])([CH3])[C]1=CSC(=C2SC=CS2)S1. The Hall–Kier alpha value is 1.42.